The van der Waals surface area contributed by atoms with Gasteiger partial charge in [0, 0.05) is 12.3 Å². The lowest BCUT2D eigenvalue weighted by Crippen LogP contribution is -2.58. The van der Waals surface area contributed by atoms with E-state index in [-0.39, 0.29) is 0 Å². The Morgan fingerprint density at radius 1 is 1.00 bits per heavy atom. The molecule has 0 radical (unpaired) electrons. The lowest BCUT2D eigenvalue weighted by molar-refractivity contribution is -0.281. The van der Waals surface area contributed by atoms with Crippen molar-refractivity contribution in [2.24, 2.45) is 0 Å². The number of hydrogen-bond acceptors (Lipinski definition) is 13. The summed E-state index contributed by atoms with van der Waals surface area (Å²) in [5.41, 5.74) is -1.64. The zero-order chi connectivity index (χ0) is 23.8. The number of hydrogen-bond donors (Lipinski definition) is 8. The number of nitrogens with one attached hydrogen (secondary N) is 1. The fourth-order valence-corrected chi connectivity index (χ4v) is 4.04. The third kappa shape index (κ3) is 5.17. The van der Waals surface area contributed by atoms with Gasteiger partial charge in [0.15, 0.2) is 12.5 Å². The molecular weight excluding hydrogens is 463 g/mol. The normalized spacial score (nSPS) is 39.7. The number of aliphatic hydroxyl groups is 6. The molecule has 0 aliphatic carbocycles. The summed E-state index contributed by atoms with van der Waals surface area (Å²) in [6.07, 6.45) is -14.1. The first kappa shape index (κ1) is 25.1. The Morgan fingerprint density at radius 3 is 2.28 bits per heavy atom. The number of aromatic nitrogens is 2. The Labute approximate surface area is 178 Å². The molecule has 1 aromatic rings. The van der Waals surface area contributed by atoms with Gasteiger partial charge in [-0.15, -0.1) is 0 Å². The molecule has 0 bridgehead atoms. The number of phosphoric acid groups is 1. The van der Waals surface area contributed by atoms with Crippen LogP contribution < -0.4 is 11.2 Å². The molecule has 182 valence electrons. The van der Waals surface area contributed by atoms with Gasteiger partial charge >= 0.3 is 13.5 Å². The van der Waals surface area contributed by atoms with Crippen LogP contribution >= 0.6 is 7.82 Å². The summed E-state index contributed by atoms with van der Waals surface area (Å²) in [7, 11) is -5.04. The number of aromatic amines is 1. The van der Waals surface area contributed by atoms with Gasteiger partial charge in [0.25, 0.3) is 5.56 Å². The zero-order valence-electron chi connectivity index (χ0n) is 16.1. The van der Waals surface area contributed by atoms with Gasteiger partial charge in [-0.05, 0) is 0 Å². The first-order chi connectivity index (χ1) is 14.9. The molecular formula is C15H23N2O14P. The van der Waals surface area contributed by atoms with Gasteiger partial charge in [-0.3, -0.25) is 23.4 Å². The fraction of sp³-hybridized carbons (Fsp3) is 0.733. The van der Waals surface area contributed by atoms with Crippen molar-refractivity contribution in [3.05, 3.63) is 33.1 Å². The molecule has 10 atom stereocenters. The zero-order valence-corrected chi connectivity index (χ0v) is 17.0. The highest BCUT2D eigenvalue weighted by molar-refractivity contribution is 7.47. The van der Waals surface area contributed by atoms with Crippen molar-refractivity contribution in [3.63, 3.8) is 0 Å². The number of H-pyrrole nitrogens is 1. The van der Waals surface area contributed by atoms with E-state index in [4.69, 9.17) is 19.1 Å². The number of ether oxygens (including phenoxy) is 2. The van der Waals surface area contributed by atoms with E-state index in [0.717, 1.165) is 16.8 Å². The number of rotatable bonds is 7. The van der Waals surface area contributed by atoms with Gasteiger partial charge in [-0.1, -0.05) is 0 Å². The van der Waals surface area contributed by atoms with Crippen molar-refractivity contribution in [2.75, 3.05) is 13.2 Å². The van der Waals surface area contributed by atoms with Crippen LogP contribution in [0.15, 0.2) is 21.9 Å². The van der Waals surface area contributed by atoms with Crippen LogP contribution in [0, 0.1) is 0 Å². The van der Waals surface area contributed by atoms with Gasteiger partial charge in [-0.2, -0.15) is 0 Å². The van der Waals surface area contributed by atoms with Gasteiger partial charge in [0.05, 0.1) is 13.2 Å². The maximum Gasteiger partial charge on any atom is 0.474 e. The quantitative estimate of drug-likeness (QED) is 0.168. The van der Waals surface area contributed by atoms with E-state index in [1.54, 1.807) is 0 Å². The first-order valence-electron chi connectivity index (χ1n) is 9.24. The molecule has 2 saturated heterocycles. The smallest absolute Gasteiger partial charge is 0.394 e. The van der Waals surface area contributed by atoms with Crippen LogP contribution in [0.1, 0.15) is 6.23 Å². The minimum atomic E-state index is -5.04. The molecule has 3 rings (SSSR count). The second kappa shape index (κ2) is 9.76. The van der Waals surface area contributed by atoms with Gasteiger partial charge in [0.2, 0.25) is 0 Å². The molecule has 0 aromatic carbocycles. The standard InChI is InChI=1S/C15H23N2O14P/c18-3-5-8(20)10(22)12(24)14(30-5)31-32(26,27)28-4-6-9(21)11(23)13(29-6)17-2-1-7(19)16-15(17)25/h1-2,5-6,8-14,18,20-24H,3-4H2,(H,26,27)(H,16,19,25)/t5-,6-,8-,9-,10+,11-,12-,13-,14-/m1/s1. The SMILES string of the molecule is O=c1ccn([C@@H]2O[C@H](COP(=O)(O)O[C@H]3O[C@H](CO)[C@@H](O)[C@H](O)[C@H]3O)[C@@H](O)[C@H]2O)c(=O)[nH]1. The molecule has 8 N–H and O–H groups in total. The van der Waals surface area contributed by atoms with E-state index in [9.17, 15) is 44.6 Å². The molecule has 2 fully saturated rings. The topological polar surface area (TPSA) is 250 Å². The fourth-order valence-electron chi connectivity index (χ4n) is 3.21. The summed E-state index contributed by atoms with van der Waals surface area (Å²) in [5, 5.41) is 58.6. The summed E-state index contributed by atoms with van der Waals surface area (Å²) in [4.78, 5) is 34.8. The van der Waals surface area contributed by atoms with E-state index >= 15 is 0 Å². The van der Waals surface area contributed by atoms with Crippen molar-refractivity contribution < 1.29 is 58.6 Å². The summed E-state index contributed by atoms with van der Waals surface area (Å²) in [6.45, 7) is -1.63. The Hall–Kier alpha value is -1.53. The highest BCUT2D eigenvalue weighted by Gasteiger charge is 2.48. The highest BCUT2D eigenvalue weighted by atomic mass is 31.2. The van der Waals surface area contributed by atoms with Crippen molar-refractivity contribution in [3.8, 4) is 0 Å². The first-order valence-corrected chi connectivity index (χ1v) is 10.7. The largest absolute Gasteiger partial charge is 0.474 e. The molecule has 0 spiro atoms. The summed E-state index contributed by atoms with van der Waals surface area (Å²) < 4.78 is 32.6. The van der Waals surface area contributed by atoms with Crippen LogP contribution in [0.25, 0.3) is 0 Å². The monoisotopic (exact) mass is 486 g/mol. The highest BCUT2D eigenvalue weighted by Crippen LogP contribution is 2.47. The lowest BCUT2D eigenvalue weighted by atomic mass is 10.00. The lowest BCUT2D eigenvalue weighted by Gasteiger charge is -2.39. The van der Waals surface area contributed by atoms with Crippen LogP contribution in [0.5, 0.6) is 0 Å². The van der Waals surface area contributed by atoms with Gasteiger partial charge < -0.3 is 45.0 Å². The van der Waals surface area contributed by atoms with Crippen molar-refractivity contribution in [2.45, 2.75) is 55.2 Å². The van der Waals surface area contributed by atoms with Crippen LogP contribution in [0.3, 0.4) is 0 Å². The maximum absolute atomic E-state index is 12.2. The molecule has 17 heteroatoms. The molecule has 0 amide bonds. The minimum absolute atomic E-state index is 0.703. The molecule has 32 heavy (non-hydrogen) atoms. The van der Waals surface area contributed by atoms with E-state index in [1.807, 2.05) is 4.98 Å². The molecule has 2 aliphatic rings. The third-order valence-corrected chi connectivity index (χ3v) is 5.90. The number of phosphoric ester groups is 1. The number of aliphatic hydroxyl groups excluding tert-OH is 6. The van der Waals surface area contributed by atoms with Gasteiger partial charge in [-0.25, -0.2) is 9.36 Å². The predicted molar refractivity (Wildman–Crippen MR) is 97.9 cm³/mol. The van der Waals surface area contributed by atoms with Crippen molar-refractivity contribution >= 4 is 7.82 Å². The Morgan fingerprint density at radius 2 is 1.66 bits per heavy atom. The average Bonchev–Trinajstić information content (AvgIpc) is 3.01. The van der Waals surface area contributed by atoms with Gasteiger partial charge in [0.1, 0.15) is 42.7 Å². The van der Waals surface area contributed by atoms with Crippen LogP contribution in [0.4, 0.5) is 0 Å². The Balaban J connectivity index is 1.63. The summed E-state index contributed by atoms with van der Waals surface area (Å²) in [6, 6.07) is 0.976. The van der Waals surface area contributed by atoms with E-state index in [2.05, 4.69) is 4.52 Å². The maximum atomic E-state index is 12.2. The second-order valence-electron chi connectivity index (χ2n) is 7.13. The van der Waals surface area contributed by atoms with Crippen molar-refractivity contribution in [1.82, 2.24) is 9.55 Å². The molecule has 0 saturated carbocycles. The summed E-state index contributed by atoms with van der Waals surface area (Å²) in [5.74, 6) is 0. The average molecular weight is 486 g/mol. The molecule has 1 unspecified atom stereocenters. The van der Waals surface area contributed by atoms with Crippen LogP contribution in [-0.4, -0.2) is 107 Å². The Kier molecular flexibility index (Phi) is 7.66. The third-order valence-electron chi connectivity index (χ3n) is 4.95. The van der Waals surface area contributed by atoms with Crippen LogP contribution in [0.2, 0.25) is 0 Å². The molecule has 1 aromatic heterocycles. The van der Waals surface area contributed by atoms with E-state index < -0.39 is 87.5 Å². The van der Waals surface area contributed by atoms with E-state index in [0.29, 0.717) is 0 Å². The number of nitrogens with zero attached hydrogens (tertiary/aromatic N) is 1. The Bertz CT molecular complexity index is 951. The van der Waals surface area contributed by atoms with E-state index in [1.165, 1.54) is 0 Å². The molecule has 3 heterocycles. The predicted octanol–water partition coefficient (Wildman–Crippen LogP) is -4.91. The van der Waals surface area contributed by atoms with Crippen molar-refractivity contribution in [1.29, 1.82) is 0 Å². The molecule has 16 nitrogen and oxygen atoms in total. The second-order valence-corrected chi connectivity index (χ2v) is 8.54. The van der Waals surface area contributed by atoms with Crippen LogP contribution in [-0.2, 0) is 23.1 Å². The minimum Gasteiger partial charge on any atom is -0.394 e. The molecule has 2 aliphatic heterocycles. The summed E-state index contributed by atoms with van der Waals surface area (Å²) >= 11 is 0.